The van der Waals surface area contributed by atoms with Crippen LogP contribution >= 0.6 is 0 Å². The van der Waals surface area contributed by atoms with Crippen LogP contribution in [0, 0.1) is 22.6 Å². The van der Waals surface area contributed by atoms with Crippen molar-refractivity contribution in [2.45, 2.75) is 134 Å². The van der Waals surface area contributed by atoms with Gasteiger partial charge in [-0.25, -0.2) is 18.8 Å². The van der Waals surface area contributed by atoms with E-state index in [1.807, 2.05) is 6.92 Å². The average Bonchev–Trinajstić information content (AvgIpc) is 3.61. The number of carbonyl (C=O) groups excluding carboxylic acids is 4. The van der Waals surface area contributed by atoms with Gasteiger partial charge < -0.3 is 48.7 Å². The van der Waals surface area contributed by atoms with Gasteiger partial charge in [-0.15, -0.1) is 0 Å². The summed E-state index contributed by atoms with van der Waals surface area (Å²) in [6.45, 7) is 15.6. The molecule has 7 rings (SSSR count). The number of nitrogens with one attached hydrogen (secondary N) is 1. The van der Waals surface area contributed by atoms with Crippen molar-refractivity contribution < 1.29 is 66.9 Å². The number of aliphatic hydroxyl groups is 2. The summed E-state index contributed by atoms with van der Waals surface area (Å²) in [6.07, 6.45) is -7.82. The van der Waals surface area contributed by atoms with Crippen molar-refractivity contribution in [3.63, 3.8) is 0 Å². The Morgan fingerprint density at radius 3 is 2.32 bits per heavy atom. The highest BCUT2D eigenvalue weighted by Gasteiger charge is 2.77. The van der Waals surface area contributed by atoms with Gasteiger partial charge in [0.05, 0.1) is 36.3 Å². The van der Waals surface area contributed by atoms with Gasteiger partial charge in [-0.05, 0) is 69.0 Å². The smallest absolute Gasteiger partial charge is 0.407 e. The van der Waals surface area contributed by atoms with E-state index in [0.717, 1.165) is 6.07 Å². The molecule has 12 atom stereocenters. The predicted octanol–water partition coefficient (Wildman–Crippen LogP) is 5.40. The van der Waals surface area contributed by atoms with Crippen molar-refractivity contribution in [2.75, 3.05) is 6.61 Å². The summed E-state index contributed by atoms with van der Waals surface area (Å²) in [7, 11) is 0. The van der Waals surface area contributed by atoms with E-state index >= 15 is 4.39 Å². The molecule has 0 spiro atoms. The molecule has 2 saturated carbocycles. The normalized spacial score (nSPS) is 34.8. The first-order valence-corrected chi connectivity index (χ1v) is 20.3. The fraction of sp³-hybridized carbons (Fsp3) is 0.556. The van der Waals surface area contributed by atoms with Crippen molar-refractivity contribution in [2.24, 2.45) is 16.7 Å². The van der Waals surface area contributed by atoms with Crippen molar-refractivity contribution >= 4 is 24.0 Å². The number of esters is 3. The lowest BCUT2D eigenvalue weighted by molar-refractivity contribution is -0.345. The highest BCUT2D eigenvalue weighted by atomic mass is 19.1. The van der Waals surface area contributed by atoms with Crippen molar-refractivity contribution in [1.29, 1.82) is 0 Å². The van der Waals surface area contributed by atoms with E-state index in [1.54, 1.807) is 65.0 Å². The molecule has 324 valence electrons. The molecule has 4 fully saturated rings. The molecule has 3 aliphatic carbocycles. The Labute approximate surface area is 348 Å². The Balaban J connectivity index is 1.38. The Morgan fingerprint density at radius 2 is 1.70 bits per heavy atom. The maximum atomic E-state index is 15.3. The summed E-state index contributed by atoms with van der Waals surface area (Å²) in [5.41, 5.74) is -4.92. The molecule has 0 radical (unpaired) electrons. The minimum absolute atomic E-state index is 0.0630. The monoisotopic (exact) mass is 835 g/mol. The highest BCUT2D eigenvalue weighted by molar-refractivity contribution is 5.89. The van der Waals surface area contributed by atoms with Crippen molar-refractivity contribution in [1.82, 2.24) is 5.32 Å². The van der Waals surface area contributed by atoms with E-state index in [4.69, 9.17) is 33.2 Å². The Morgan fingerprint density at radius 1 is 1.02 bits per heavy atom. The lowest BCUT2D eigenvalue weighted by Crippen LogP contribution is -2.79. The second-order valence-corrected chi connectivity index (χ2v) is 17.6. The lowest BCUT2D eigenvalue weighted by atomic mass is 9.45. The lowest BCUT2D eigenvalue weighted by Gasteiger charge is -2.68. The molecule has 2 aliphatic heterocycles. The molecule has 0 unspecified atom stereocenters. The number of hydrogen-bond donors (Lipinski definition) is 3. The van der Waals surface area contributed by atoms with Gasteiger partial charge in [0, 0.05) is 29.7 Å². The van der Waals surface area contributed by atoms with E-state index in [-0.39, 0.29) is 24.2 Å². The van der Waals surface area contributed by atoms with E-state index < -0.39 is 113 Å². The average molecular weight is 836 g/mol. The maximum absolute atomic E-state index is 15.3. The van der Waals surface area contributed by atoms with E-state index in [2.05, 4.69) is 11.9 Å². The molecular formula is C45H54FNO13. The van der Waals surface area contributed by atoms with E-state index in [1.165, 1.54) is 31.2 Å². The molecule has 2 aromatic carbocycles. The van der Waals surface area contributed by atoms with Crippen LogP contribution in [0.4, 0.5) is 9.18 Å². The third-order valence-electron chi connectivity index (χ3n) is 13.4. The molecule has 15 heteroatoms. The van der Waals surface area contributed by atoms with Crippen LogP contribution < -0.4 is 5.32 Å². The molecule has 2 bridgehead atoms. The number of ether oxygens (including phenoxy) is 7. The number of fused-ring (bicyclic) bond motifs is 8. The number of carbonyl (C=O) groups is 4. The fourth-order valence-electron chi connectivity index (χ4n) is 10.5. The van der Waals surface area contributed by atoms with Crippen LogP contribution in [0.2, 0.25) is 0 Å². The van der Waals surface area contributed by atoms with Crippen LogP contribution in [0.1, 0.15) is 89.7 Å². The first-order chi connectivity index (χ1) is 28.3. The van der Waals surface area contributed by atoms with Crippen molar-refractivity contribution in [3.05, 3.63) is 95.3 Å². The zero-order chi connectivity index (χ0) is 43.5. The highest BCUT2D eigenvalue weighted by Crippen LogP contribution is 2.66. The number of rotatable bonds is 10. The first kappa shape index (κ1) is 43.4. The van der Waals surface area contributed by atoms with Crippen LogP contribution in [-0.4, -0.2) is 101 Å². The van der Waals surface area contributed by atoms with Gasteiger partial charge in [-0.3, -0.25) is 4.79 Å². The van der Waals surface area contributed by atoms with Gasteiger partial charge in [0.25, 0.3) is 0 Å². The SMILES string of the molecule is C=C[C@@H]1O[C@@H]2C3=C(C)[C@@H](OC(=O)[C@H](O)[C@@H](NC(=O)OC(C)C)c4ccccc4F)C[C@@](O)([C@@H](OC(=O)c4ccccc4)[C@H]4[C@@](C)(CC[C@H]5OC[C@]54OC(C)=O)[C@@H]2O1)C3(C)C. The standard InChI is InChI=1S/C45H54FNO13/c1-9-31-57-35-32-24(4)29(56-40(51)34(49)33(47-41(52)55-23(2)3)27-17-13-14-18-28(27)46)21-45(53,42(32,6)7)38(59-39(50)26-15-11-10-12-16-26)36-43(8,37(35)58-31)20-19-30-44(36,22-54-30)60-25(5)48/h9-18,23,29-31,33-38,49,53H,1,19-22H2,2-8H3,(H,47,52)/t29-,30+,31+,33-,34+,35+,36-,37+,38-,43+,44-,45+/m0/s1. The summed E-state index contributed by atoms with van der Waals surface area (Å²) in [6, 6.07) is 11.9. The number of aliphatic hydroxyl groups excluding tert-OH is 1. The Bertz CT molecular complexity index is 2060. The van der Waals surface area contributed by atoms with E-state index in [9.17, 15) is 29.4 Å². The molecule has 1 amide bonds. The first-order valence-electron chi connectivity index (χ1n) is 20.3. The maximum Gasteiger partial charge on any atom is 0.407 e. The van der Waals surface area contributed by atoms with Crippen LogP contribution in [0.5, 0.6) is 0 Å². The number of benzene rings is 2. The molecule has 60 heavy (non-hydrogen) atoms. The molecule has 3 N–H and O–H groups in total. The minimum Gasteiger partial charge on any atom is -0.456 e. The van der Waals surface area contributed by atoms with Crippen molar-refractivity contribution in [3.8, 4) is 0 Å². The third-order valence-corrected chi connectivity index (χ3v) is 13.4. The summed E-state index contributed by atoms with van der Waals surface area (Å²) in [4.78, 5) is 54.4. The van der Waals surface area contributed by atoms with Gasteiger partial charge in [-0.2, -0.15) is 0 Å². The topological polar surface area (TPSA) is 185 Å². The minimum atomic E-state index is -2.17. The predicted molar refractivity (Wildman–Crippen MR) is 210 cm³/mol. The zero-order valence-corrected chi connectivity index (χ0v) is 34.8. The quantitative estimate of drug-likeness (QED) is 0.157. The molecule has 2 heterocycles. The van der Waals surface area contributed by atoms with Gasteiger partial charge in [0.2, 0.25) is 0 Å². The fourth-order valence-corrected chi connectivity index (χ4v) is 10.5. The molecular weight excluding hydrogens is 781 g/mol. The van der Waals surface area contributed by atoms with Gasteiger partial charge in [-0.1, -0.05) is 63.7 Å². The van der Waals surface area contributed by atoms with Gasteiger partial charge in [0.1, 0.15) is 35.8 Å². The Kier molecular flexibility index (Phi) is 11.6. The van der Waals surface area contributed by atoms with Crippen LogP contribution in [0.3, 0.4) is 0 Å². The molecule has 14 nitrogen and oxygen atoms in total. The van der Waals surface area contributed by atoms with Crippen LogP contribution in [0.15, 0.2) is 78.4 Å². The molecule has 0 aromatic heterocycles. The van der Waals surface area contributed by atoms with E-state index in [0.29, 0.717) is 24.0 Å². The summed E-state index contributed by atoms with van der Waals surface area (Å²) in [5, 5.41) is 27.8. The van der Waals surface area contributed by atoms with Crippen LogP contribution in [0.25, 0.3) is 0 Å². The molecule has 5 aliphatic rings. The number of alkyl carbamates (subject to hydrolysis) is 1. The number of halogens is 1. The van der Waals surface area contributed by atoms with Gasteiger partial charge in [0.15, 0.2) is 18.0 Å². The third kappa shape index (κ3) is 7.11. The molecule has 2 saturated heterocycles. The summed E-state index contributed by atoms with van der Waals surface area (Å²) in [5.74, 6) is -4.42. The number of amides is 1. The summed E-state index contributed by atoms with van der Waals surface area (Å²) < 4.78 is 58.8. The largest absolute Gasteiger partial charge is 0.456 e. The zero-order valence-electron chi connectivity index (χ0n) is 34.8. The van der Waals surface area contributed by atoms with Crippen LogP contribution in [-0.2, 0) is 42.7 Å². The number of hydrogen-bond acceptors (Lipinski definition) is 13. The van der Waals surface area contributed by atoms with Gasteiger partial charge >= 0.3 is 24.0 Å². The second kappa shape index (κ2) is 16.0. The molecule has 2 aromatic rings. The summed E-state index contributed by atoms with van der Waals surface area (Å²) >= 11 is 0. The second-order valence-electron chi connectivity index (χ2n) is 17.6. The Hall–Kier alpha value is -4.67.